The highest BCUT2D eigenvalue weighted by Crippen LogP contribution is 2.23. The monoisotopic (exact) mass is 477 g/mol. The first-order valence-corrected chi connectivity index (χ1v) is 11.6. The van der Waals surface area contributed by atoms with Crippen LogP contribution in [0.3, 0.4) is 0 Å². The fourth-order valence-electron chi connectivity index (χ4n) is 2.53. The summed E-state index contributed by atoms with van der Waals surface area (Å²) in [6, 6.07) is 15.3. The highest BCUT2D eigenvalue weighted by Gasteiger charge is 2.16. The van der Waals surface area contributed by atoms with Gasteiger partial charge in [0.05, 0.1) is 6.54 Å². The van der Waals surface area contributed by atoms with Gasteiger partial charge in [-0.2, -0.15) is 0 Å². The zero-order chi connectivity index (χ0) is 23.3. The Labute approximate surface area is 198 Å². The maximum absolute atomic E-state index is 12.2. The van der Waals surface area contributed by atoms with E-state index in [1.807, 2.05) is 48.5 Å². The van der Waals surface area contributed by atoms with E-state index in [9.17, 15) is 9.59 Å². The zero-order valence-corrected chi connectivity index (χ0v) is 19.8. The van der Waals surface area contributed by atoms with Crippen molar-refractivity contribution in [1.82, 2.24) is 5.32 Å². The van der Waals surface area contributed by atoms with E-state index in [1.54, 1.807) is 0 Å². The topological polar surface area (TPSA) is 73.9 Å². The second kappa shape index (κ2) is 13.7. The predicted molar refractivity (Wildman–Crippen MR) is 128 cm³/mol. The number of esters is 1. The number of hydrogen-bond acceptors (Lipinski definition) is 6. The van der Waals surface area contributed by atoms with Gasteiger partial charge in [-0.15, -0.1) is 11.8 Å². The second-order valence-electron chi connectivity index (χ2n) is 7.13. The third-order valence-corrected chi connectivity index (χ3v) is 5.68. The molecule has 0 aromatic heterocycles. The van der Waals surface area contributed by atoms with E-state index in [0.29, 0.717) is 22.4 Å². The largest absolute Gasteiger partial charge is 0.490 e. The lowest BCUT2D eigenvalue weighted by Crippen LogP contribution is -2.35. The number of ether oxygens (including phenoxy) is 3. The lowest BCUT2D eigenvalue weighted by molar-refractivity contribution is -0.137. The number of rotatable bonds is 12. The number of carbonyl (C=O) groups excluding carboxylic acids is 2. The van der Waals surface area contributed by atoms with Crippen LogP contribution in [0.25, 0.3) is 0 Å². The van der Waals surface area contributed by atoms with Crippen LogP contribution in [0.15, 0.2) is 66.1 Å². The molecule has 1 unspecified atom stereocenters. The van der Waals surface area contributed by atoms with Crippen LogP contribution in [0.5, 0.6) is 5.75 Å². The van der Waals surface area contributed by atoms with Gasteiger partial charge in [0.15, 0.2) is 0 Å². The molecule has 1 amide bonds. The van der Waals surface area contributed by atoms with Crippen LogP contribution in [-0.4, -0.2) is 43.7 Å². The smallest absolute Gasteiger partial charge is 0.407 e. The molecule has 32 heavy (non-hydrogen) atoms. The SMILES string of the molecule is C=CC(=O)OCCNC(=O)OC(COc1ccc(C(C)C)cc1)CSc1ccc(Cl)cc1. The Balaban J connectivity index is 1.90. The predicted octanol–water partition coefficient (Wildman–Crippen LogP) is 5.46. The van der Waals surface area contributed by atoms with Crippen LogP contribution in [0.1, 0.15) is 25.3 Å². The van der Waals surface area contributed by atoms with E-state index in [0.717, 1.165) is 11.0 Å². The van der Waals surface area contributed by atoms with Gasteiger partial charge in [-0.25, -0.2) is 9.59 Å². The van der Waals surface area contributed by atoms with Crippen molar-refractivity contribution in [3.8, 4) is 5.75 Å². The lowest BCUT2D eigenvalue weighted by Gasteiger charge is -2.19. The van der Waals surface area contributed by atoms with Gasteiger partial charge in [0.2, 0.25) is 0 Å². The van der Waals surface area contributed by atoms with Gasteiger partial charge in [0.1, 0.15) is 25.1 Å². The summed E-state index contributed by atoms with van der Waals surface area (Å²) in [5, 5.41) is 3.22. The highest BCUT2D eigenvalue weighted by molar-refractivity contribution is 7.99. The molecule has 1 atom stereocenters. The highest BCUT2D eigenvalue weighted by atomic mass is 35.5. The van der Waals surface area contributed by atoms with Crippen molar-refractivity contribution < 1.29 is 23.8 Å². The lowest BCUT2D eigenvalue weighted by atomic mass is 10.0. The first kappa shape index (κ1) is 25.6. The van der Waals surface area contributed by atoms with E-state index >= 15 is 0 Å². The first-order chi connectivity index (χ1) is 15.4. The number of alkyl carbamates (subject to hydrolysis) is 1. The van der Waals surface area contributed by atoms with Gasteiger partial charge in [-0.3, -0.25) is 0 Å². The number of halogens is 1. The summed E-state index contributed by atoms with van der Waals surface area (Å²) >= 11 is 7.47. The Morgan fingerprint density at radius 2 is 1.81 bits per heavy atom. The fourth-order valence-corrected chi connectivity index (χ4v) is 3.53. The van der Waals surface area contributed by atoms with E-state index in [4.69, 9.17) is 25.8 Å². The van der Waals surface area contributed by atoms with Crippen molar-refractivity contribution >= 4 is 35.4 Å². The summed E-state index contributed by atoms with van der Waals surface area (Å²) in [6.07, 6.45) is -0.0517. The van der Waals surface area contributed by atoms with Crippen molar-refractivity contribution in [2.45, 2.75) is 30.8 Å². The van der Waals surface area contributed by atoms with Crippen LogP contribution in [0, 0.1) is 0 Å². The van der Waals surface area contributed by atoms with Crippen molar-refractivity contribution in [3.63, 3.8) is 0 Å². The Bertz CT molecular complexity index is 871. The Hall–Kier alpha value is -2.64. The molecule has 0 aliphatic carbocycles. The fraction of sp³-hybridized carbons (Fsp3) is 0.333. The van der Waals surface area contributed by atoms with Crippen LogP contribution in [-0.2, 0) is 14.3 Å². The summed E-state index contributed by atoms with van der Waals surface area (Å²) in [5.74, 6) is 1.08. The molecular formula is C24H28ClNO5S. The molecule has 6 nitrogen and oxygen atoms in total. The van der Waals surface area contributed by atoms with Gasteiger partial charge in [-0.05, 0) is 47.9 Å². The minimum Gasteiger partial charge on any atom is -0.490 e. The Kier molecular flexibility index (Phi) is 11.0. The van der Waals surface area contributed by atoms with Gasteiger partial charge >= 0.3 is 12.1 Å². The molecule has 2 rings (SSSR count). The molecule has 0 fully saturated rings. The molecule has 172 valence electrons. The Morgan fingerprint density at radius 3 is 2.44 bits per heavy atom. The summed E-state index contributed by atoms with van der Waals surface area (Å²) in [5.41, 5.74) is 1.22. The molecule has 8 heteroatoms. The minimum absolute atomic E-state index is 0.0306. The maximum atomic E-state index is 12.2. The molecule has 0 aliphatic rings. The molecule has 0 aliphatic heterocycles. The first-order valence-electron chi connectivity index (χ1n) is 10.2. The number of benzene rings is 2. The van der Waals surface area contributed by atoms with Crippen molar-refractivity contribution in [3.05, 3.63) is 71.8 Å². The number of thioether (sulfide) groups is 1. The van der Waals surface area contributed by atoms with Crippen molar-refractivity contribution in [2.24, 2.45) is 0 Å². The standard InChI is InChI=1S/C24H28ClNO5S/c1-4-23(27)29-14-13-26-24(28)31-21(16-32-22-11-7-19(25)8-12-22)15-30-20-9-5-18(6-10-20)17(2)3/h4-12,17,21H,1,13-16H2,2-3H3,(H,26,28). The molecule has 0 radical (unpaired) electrons. The number of amides is 1. The normalized spacial score (nSPS) is 11.5. The van der Waals surface area contributed by atoms with E-state index in [2.05, 4.69) is 25.7 Å². The Morgan fingerprint density at radius 1 is 1.12 bits per heavy atom. The molecule has 0 saturated carbocycles. The molecular weight excluding hydrogens is 450 g/mol. The number of carbonyl (C=O) groups is 2. The van der Waals surface area contributed by atoms with Gasteiger partial charge in [0.25, 0.3) is 0 Å². The van der Waals surface area contributed by atoms with Gasteiger partial charge < -0.3 is 19.5 Å². The van der Waals surface area contributed by atoms with E-state index in [-0.39, 0.29) is 19.8 Å². The molecule has 0 spiro atoms. The maximum Gasteiger partial charge on any atom is 0.407 e. The van der Waals surface area contributed by atoms with Gasteiger partial charge in [0, 0.05) is 21.7 Å². The molecule has 2 aromatic carbocycles. The summed E-state index contributed by atoms with van der Waals surface area (Å²) in [6.45, 7) is 7.93. The average molecular weight is 478 g/mol. The van der Waals surface area contributed by atoms with Crippen LogP contribution >= 0.6 is 23.4 Å². The van der Waals surface area contributed by atoms with Crippen LogP contribution < -0.4 is 10.1 Å². The number of nitrogens with one attached hydrogen (secondary N) is 1. The van der Waals surface area contributed by atoms with Crippen LogP contribution in [0.4, 0.5) is 4.79 Å². The second-order valence-corrected chi connectivity index (χ2v) is 8.66. The van der Waals surface area contributed by atoms with Gasteiger partial charge in [-0.1, -0.05) is 44.2 Å². The molecule has 0 bridgehead atoms. The molecule has 0 saturated heterocycles. The third kappa shape index (κ3) is 9.66. The molecule has 2 aromatic rings. The third-order valence-electron chi connectivity index (χ3n) is 4.29. The van der Waals surface area contributed by atoms with Crippen molar-refractivity contribution in [1.29, 1.82) is 0 Å². The zero-order valence-electron chi connectivity index (χ0n) is 18.2. The van der Waals surface area contributed by atoms with Crippen molar-refractivity contribution in [2.75, 3.05) is 25.5 Å². The van der Waals surface area contributed by atoms with E-state index < -0.39 is 18.2 Å². The summed E-state index contributed by atoms with van der Waals surface area (Å²) in [7, 11) is 0. The van der Waals surface area contributed by atoms with E-state index in [1.165, 1.54) is 17.3 Å². The summed E-state index contributed by atoms with van der Waals surface area (Å²) < 4.78 is 16.2. The average Bonchev–Trinajstić information content (AvgIpc) is 2.79. The quantitative estimate of drug-likeness (QED) is 0.189. The molecule has 0 heterocycles. The minimum atomic E-state index is -0.611. The van der Waals surface area contributed by atoms with Crippen LogP contribution in [0.2, 0.25) is 5.02 Å². The molecule has 1 N–H and O–H groups in total. The summed E-state index contributed by atoms with van der Waals surface area (Å²) in [4.78, 5) is 24.2. The number of hydrogen-bond donors (Lipinski definition) is 1.